The molecule has 0 saturated heterocycles. The van der Waals surface area contributed by atoms with Crippen LogP contribution < -0.4 is 15.5 Å². The van der Waals surface area contributed by atoms with Crippen molar-refractivity contribution in [2.45, 2.75) is 0 Å². The van der Waals surface area contributed by atoms with Crippen LogP contribution in [-0.4, -0.2) is 22.8 Å². The molecule has 164 valence electrons. The van der Waals surface area contributed by atoms with Gasteiger partial charge in [-0.25, -0.2) is 4.90 Å². The second-order valence-corrected chi connectivity index (χ2v) is 8.24. The van der Waals surface area contributed by atoms with Crippen LogP contribution in [0.1, 0.15) is 26.3 Å². The summed E-state index contributed by atoms with van der Waals surface area (Å²) >= 11 is 17.4. The van der Waals surface area contributed by atoms with Crippen LogP contribution in [0.2, 0.25) is 10.0 Å². The summed E-state index contributed by atoms with van der Waals surface area (Å²) in [7, 11) is 0. The van der Waals surface area contributed by atoms with Gasteiger partial charge < -0.3 is 5.32 Å². The molecule has 0 spiro atoms. The molecule has 0 radical (unpaired) electrons. The highest BCUT2D eigenvalue weighted by molar-refractivity contribution is 7.80. The van der Waals surface area contributed by atoms with E-state index in [2.05, 4.69) is 10.6 Å². The van der Waals surface area contributed by atoms with Crippen LogP contribution in [0.4, 0.5) is 11.4 Å². The van der Waals surface area contributed by atoms with Gasteiger partial charge in [-0.1, -0.05) is 47.5 Å². The number of nitrogens with zero attached hydrogens (tertiary/aromatic N) is 1. The number of nitrogens with one attached hydrogen (secondary N) is 2. The van der Waals surface area contributed by atoms with Gasteiger partial charge in [0.15, 0.2) is 5.11 Å². The minimum absolute atomic E-state index is 0.0381. The molecule has 2 N–H and O–H groups in total. The van der Waals surface area contributed by atoms with Crippen molar-refractivity contribution in [2.75, 3.05) is 10.2 Å². The van der Waals surface area contributed by atoms with Gasteiger partial charge in [-0.15, -0.1) is 0 Å². The van der Waals surface area contributed by atoms with Crippen molar-refractivity contribution >= 4 is 75.7 Å². The van der Waals surface area contributed by atoms with Crippen molar-refractivity contribution in [3.63, 3.8) is 0 Å². The molecular formula is C24H15Cl2N3O3S. The number of hydrogen-bond acceptors (Lipinski definition) is 4. The molecule has 0 aromatic heterocycles. The lowest BCUT2D eigenvalue weighted by molar-refractivity contribution is -0.115. The average Bonchev–Trinajstić information content (AvgIpc) is 3.05. The van der Waals surface area contributed by atoms with E-state index in [9.17, 15) is 14.4 Å². The number of rotatable bonds is 4. The fourth-order valence-corrected chi connectivity index (χ4v) is 3.78. The molecule has 0 aliphatic carbocycles. The van der Waals surface area contributed by atoms with Gasteiger partial charge in [-0.05, 0) is 66.3 Å². The molecule has 1 aliphatic heterocycles. The van der Waals surface area contributed by atoms with Gasteiger partial charge in [-0.2, -0.15) is 0 Å². The Morgan fingerprint density at radius 1 is 0.909 bits per heavy atom. The quantitative estimate of drug-likeness (QED) is 0.291. The molecule has 0 atom stereocenters. The number of anilines is 2. The predicted molar refractivity (Wildman–Crippen MR) is 134 cm³/mol. The molecular weight excluding hydrogens is 481 g/mol. The molecule has 3 aromatic carbocycles. The number of amides is 3. The summed E-state index contributed by atoms with van der Waals surface area (Å²) in [5.41, 5.74) is 2.23. The number of hydrogen-bond donors (Lipinski definition) is 2. The van der Waals surface area contributed by atoms with Gasteiger partial charge in [0.05, 0.1) is 27.5 Å². The zero-order valence-corrected chi connectivity index (χ0v) is 19.2. The number of halogens is 2. The summed E-state index contributed by atoms with van der Waals surface area (Å²) in [6, 6.07) is 18.2. The standard InChI is InChI=1S/C24H15Cl2N3O3S/c25-15-8-5-14(6-9-15)7-12-21(30)28-24(33)27-20-11-10-16(13-19(20)26)29-22(31)17-3-1-2-4-18(17)23(29)32/h1-13H,(H2,27,28,30,33)/b12-7+. The van der Waals surface area contributed by atoms with E-state index in [1.54, 1.807) is 66.7 Å². The third-order valence-electron chi connectivity index (χ3n) is 4.79. The van der Waals surface area contributed by atoms with Crippen LogP contribution in [0, 0.1) is 0 Å². The Kier molecular flexibility index (Phi) is 6.55. The van der Waals surface area contributed by atoms with Crippen molar-refractivity contribution in [1.29, 1.82) is 0 Å². The summed E-state index contributed by atoms with van der Waals surface area (Å²) in [5.74, 6) is -1.26. The number of imide groups is 1. The molecule has 0 saturated carbocycles. The molecule has 3 aromatic rings. The SMILES string of the molecule is O=C(/C=C/c1ccc(Cl)cc1)NC(=S)Nc1ccc(N2C(=O)c3ccccc3C2=O)cc1Cl. The number of carbonyl (C=O) groups is 3. The van der Waals surface area contributed by atoms with Gasteiger partial charge >= 0.3 is 0 Å². The zero-order chi connectivity index (χ0) is 23.5. The van der Waals surface area contributed by atoms with Gasteiger partial charge in [0.25, 0.3) is 11.8 Å². The summed E-state index contributed by atoms with van der Waals surface area (Å²) in [6.07, 6.45) is 2.96. The van der Waals surface area contributed by atoms with E-state index in [1.165, 1.54) is 12.1 Å². The third kappa shape index (κ3) is 4.96. The Balaban J connectivity index is 1.41. The Bertz CT molecular complexity index is 1290. The molecule has 0 unspecified atom stereocenters. The van der Waals surface area contributed by atoms with Crippen LogP contribution in [0.25, 0.3) is 6.08 Å². The minimum atomic E-state index is -0.429. The molecule has 1 heterocycles. The van der Waals surface area contributed by atoms with Crippen LogP contribution in [0.5, 0.6) is 0 Å². The molecule has 1 aliphatic rings. The van der Waals surface area contributed by atoms with E-state index in [1.807, 2.05) is 0 Å². The Hall–Kier alpha value is -3.52. The topological polar surface area (TPSA) is 78.5 Å². The molecule has 6 nitrogen and oxygen atoms in total. The first-order valence-electron chi connectivity index (χ1n) is 9.66. The lowest BCUT2D eigenvalue weighted by Crippen LogP contribution is -2.33. The van der Waals surface area contributed by atoms with Gasteiger partial charge in [0, 0.05) is 11.1 Å². The van der Waals surface area contributed by atoms with Crippen molar-refractivity contribution in [3.05, 3.63) is 99.5 Å². The Morgan fingerprint density at radius 3 is 2.15 bits per heavy atom. The van der Waals surface area contributed by atoms with Crippen molar-refractivity contribution < 1.29 is 14.4 Å². The maximum atomic E-state index is 12.6. The van der Waals surface area contributed by atoms with Crippen LogP contribution in [0.15, 0.2) is 72.8 Å². The first kappa shape index (κ1) is 22.7. The summed E-state index contributed by atoms with van der Waals surface area (Å²) in [5, 5.41) is 6.22. The lowest BCUT2D eigenvalue weighted by Gasteiger charge is -2.16. The fourth-order valence-electron chi connectivity index (χ4n) is 3.22. The van der Waals surface area contributed by atoms with Crippen molar-refractivity contribution in [3.8, 4) is 0 Å². The molecule has 0 bridgehead atoms. The van der Waals surface area contributed by atoms with Crippen LogP contribution in [0.3, 0.4) is 0 Å². The van der Waals surface area contributed by atoms with Gasteiger partial charge in [0.1, 0.15) is 0 Å². The summed E-state index contributed by atoms with van der Waals surface area (Å²) in [4.78, 5) is 38.5. The first-order valence-corrected chi connectivity index (χ1v) is 10.8. The van der Waals surface area contributed by atoms with Crippen LogP contribution in [-0.2, 0) is 4.79 Å². The maximum Gasteiger partial charge on any atom is 0.266 e. The molecule has 3 amide bonds. The van der Waals surface area contributed by atoms with E-state index >= 15 is 0 Å². The number of carbonyl (C=O) groups excluding carboxylic acids is 3. The predicted octanol–water partition coefficient (Wildman–Crippen LogP) is 5.32. The van der Waals surface area contributed by atoms with Crippen LogP contribution >= 0.6 is 35.4 Å². The van der Waals surface area contributed by atoms with Gasteiger partial charge in [0.2, 0.25) is 5.91 Å². The smallest absolute Gasteiger partial charge is 0.266 e. The van der Waals surface area contributed by atoms with E-state index < -0.39 is 17.7 Å². The van der Waals surface area contributed by atoms with Crippen molar-refractivity contribution in [2.24, 2.45) is 0 Å². The first-order chi connectivity index (χ1) is 15.8. The number of thiocarbonyl (C=S) groups is 1. The molecule has 9 heteroatoms. The lowest BCUT2D eigenvalue weighted by atomic mass is 10.1. The number of benzene rings is 3. The normalized spacial score (nSPS) is 12.7. The van der Waals surface area contributed by atoms with E-state index in [4.69, 9.17) is 35.4 Å². The highest BCUT2D eigenvalue weighted by Crippen LogP contribution is 2.32. The van der Waals surface area contributed by atoms with E-state index in [-0.39, 0.29) is 10.1 Å². The van der Waals surface area contributed by atoms with Crippen molar-refractivity contribution in [1.82, 2.24) is 5.32 Å². The summed E-state index contributed by atoms with van der Waals surface area (Å²) in [6.45, 7) is 0. The third-order valence-corrected chi connectivity index (χ3v) is 5.56. The fraction of sp³-hybridized carbons (Fsp3) is 0. The molecule has 4 rings (SSSR count). The largest absolute Gasteiger partial charge is 0.331 e. The Morgan fingerprint density at radius 2 is 1.55 bits per heavy atom. The van der Waals surface area contributed by atoms with Gasteiger partial charge in [-0.3, -0.25) is 19.7 Å². The zero-order valence-electron chi connectivity index (χ0n) is 16.8. The molecule has 33 heavy (non-hydrogen) atoms. The monoisotopic (exact) mass is 495 g/mol. The average molecular weight is 496 g/mol. The second kappa shape index (κ2) is 9.54. The highest BCUT2D eigenvalue weighted by atomic mass is 35.5. The number of fused-ring (bicyclic) bond motifs is 1. The minimum Gasteiger partial charge on any atom is -0.331 e. The Labute approximate surface area is 204 Å². The maximum absolute atomic E-state index is 12.6. The summed E-state index contributed by atoms with van der Waals surface area (Å²) < 4.78 is 0. The van der Waals surface area contributed by atoms with E-state index in [0.717, 1.165) is 10.5 Å². The second-order valence-electron chi connectivity index (χ2n) is 6.98. The molecule has 0 fully saturated rings. The highest BCUT2D eigenvalue weighted by Gasteiger charge is 2.36. The van der Waals surface area contributed by atoms with E-state index in [0.29, 0.717) is 27.5 Å².